The molecule has 2 aromatic rings. The third-order valence-electron chi connectivity index (χ3n) is 4.14. The number of amides is 1. The monoisotopic (exact) mass is 426 g/mol. The van der Waals surface area contributed by atoms with Crippen molar-refractivity contribution in [3.05, 3.63) is 11.6 Å². The van der Waals surface area contributed by atoms with Crippen molar-refractivity contribution < 1.29 is 28.6 Å². The quantitative estimate of drug-likeness (QED) is 0.490. The van der Waals surface area contributed by atoms with E-state index in [2.05, 4.69) is 20.3 Å². The summed E-state index contributed by atoms with van der Waals surface area (Å²) in [4.78, 5) is 46.8. The standard InChI is InChI=1S/C16H19ClN6O6/c1-6(24)19-4-9-11(27-7(2)25)12(28-8(3)26)15(29-9)23-5-20-10-13(18)21-16(17)22-14(10)23/h5,9,11-12,15H,4H2,1-3H3,(H,19,24)(H2,18,21,22)/t9-,11-,12-,15-/m1/s1. The molecule has 3 N–H and O–H groups in total. The van der Waals surface area contributed by atoms with Crippen molar-refractivity contribution in [3.8, 4) is 0 Å². The molecule has 0 aromatic carbocycles. The second kappa shape index (κ2) is 8.17. The van der Waals surface area contributed by atoms with E-state index in [1.807, 2.05) is 0 Å². The maximum Gasteiger partial charge on any atom is 0.303 e. The average Bonchev–Trinajstić information content (AvgIpc) is 3.15. The Bertz CT molecular complexity index is 965. The number of esters is 2. The largest absolute Gasteiger partial charge is 0.456 e. The van der Waals surface area contributed by atoms with Gasteiger partial charge in [0.2, 0.25) is 11.2 Å². The molecule has 0 aliphatic carbocycles. The summed E-state index contributed by atoms with van der Waals surface area (Å²) in [7, 11) is 0. The Morgan fingerprint density at radius 2 is 1.86 bits per heavy atom. The van der Waals surface area contributed by atoms with Gasteiger partial charge in [0, 0.05) is 27.3 Å². The van der Waals surface area contributed by atoms with Crippen LogP contribution in [0, 0.1) is 0 Å². The zero-order valence-corrected chi connectivity index (χ0v) is 16.5. The van der Waals surface area contributed by atoms with Crippen LogP contribution in [-0.4, -0.2) is 62.2 Å². The smallest absolute Gasteiger partial charge is 0.303 e. The van der Waals surface area contributed by atoms with Crippen LogP contribution >= 0.6 is 11.6 Å². The fraction of sp³-hybridized carbons (Fsp3) is 0.500. The van der Waals surface area contributed by atoms with Crippen molar-refractivity contribution in [1.29, 1.82) is 0 Å². The number of imidazole rings is 1. The number of halogens is 1. The number of ether oxygens (including phenoxy) is 3. The third-order valence-corrected chi connectivity index (χ3v) is 4.31. The van der Waals surface area contributed by atoms with Crippen molar-refractivity contribution in [2.24, 2.45) is 0 Å². The van der Waals surface area contributed by atoms with E-state index in [1.54, 1.807) is 0 Å². The highest BCUT2D eigenvalue weighted by molar-refractivity contribution is 6.28. The third kappa shape index (κ3) is 4.38. The minimum absolute atomic E-state index is 0.0199. The SMILES string of the molecule is CC(=O)NC[C@H]1O[C@@H](n2cnc3c(N)nc(Cl)nc32)[C@H](OC(C)=O)[C@@H]1OC(C)=O. The van der Waals surface area contributed by atoms with Crippen LogP contribution in [0.3, 0.4) is 0 Å². The molecule has 1 amide bonds. The van der Waals surface area contributed by atoms with E-state index in [0.29, 0.717) is 0 Å². The normalized spacial score (nSPS) is 23.7. The molecule has 0 spiro atoms. The highest BCUT2D eigenvalue weighted by Gasteiger charge is 2.50. The van der Waals surface area contributed by atoms with Gasteiger partial charge in [-0.1, -0.05) is 0 Å². The van der Waals surface area contributed by atoms with Crippen LogP contribution in [0.5, 0.6) is 0 Å². The lowest BCUT2D eigenvalue weighted by molar-refractivity contribution is -0.165. The molecule has 0 saturated carbocycles. The molecule has 4 atom stereocenters. The summed E-state index contributed by atoms with van der Waals surface area (Å²) in [6, 6.07) is 0. The number of nitrogen functional groups attached to an aromatic ring is 1. The number of hydrogen-bond acceptors (Lipinski definition) is 10. The molecule has 2 aromatic heterocycles. The van der Waals surface area contributed by atoms with Crippen LogP contribution < -0.4 is 11.1 Å². The Morgan fingerprint density at radius 1 is 1.21 bits per heavy atom. The van der Waals surface area contributed by atoms with E-state index in [0.717, 1.165) is 0 Å². The van der Waals surface area contributed by atoms with E-state index in [1.165, 1.54) is 31.7 Å². The minimum atomic E-state index is -1.04. The van der Waals surface area contributed by atoms with Gasteiger partial charge in [0.1, 0.15) is 11.6 Å². The summed E-state index contributed by atoms with van der Waals surface area (Å²) in [5.41, 5.74) is 6.35. The number of anilines is 1. The zero-order chi connectivity index (χ0) is 21.3. The fourth-order valence-electron chi connectivity index (χ4n) is 3.09. The van der Waals surface area contributed by atoms with Gasteiger partial charge in [-0.2, -0.15) is 9.97 Å². The summed E-state index contributed by atoms with van der Waals surface area (Å²) >= 11 is 5.90. The lowest BCUT2D eigenvalue weighted by Gasteiger charge is -2.23. The number of carbonyl (C=O) groups is 3. The van der Waals surface area contributed by atoms with Crippen LogP contribution in [0.1, 0.15) is 27.0 Å². The molecule has 156 valence electrons. The summed E-state index contributed by atoms with van der Waals surface area (Å²) in [5.74, 6) is -1.46. The highest BCUT2D eigenvalue weighted by atomic mass is 35.5. The fourth-order valence-corrected chi connectivity index (χ4v) is 3.26. The molecular weight excluding hydrogens is 408 g/mol. The first kappa shape index (κ1) is 20.7. The predicted octanol–water partition coefficient (Wildman–Crippen LogP) is -0.0412. The van der Waals surface area contributed by atoms with Gasteiger partial charge in [0.05, 0.1) is 6.33 Å². The number of nitrogens with one attached hydrogen (secondary N) is 1. The molecule has 3 rings (SSSR count). The summed E-state index contributed by atoms with van der Waals surface area (Å²) < 4.78 is 18.2. The van der Waals surface area contributed by atoms with Gasteiger partial charge in [-0.3, -0.25) is 19.0 Å². The zero-order valence-electron chi connectivity index (χ0n) is 15.8. The number of nitrogens with zero attached hydrogens (tertiary/aromatic N) is 4. The van der Waals surface area contributed by atoms with Gasteiger partial charge in [-0.05, 0) is 11.6 Å². The number of aromatic nitrogens is 4. The second-order valence-corrected chi connectivity index (χ2v) is 6.69. The number of rotatable bonds is 5. The Balaban J connectivity index is 2.04. The van der Waals surface area contributed by atoms with Crippen molar-refractivity contribution in [3.63, 3.8) is 0 Å². The average molecular weight is 427 g/mol. The molecule has 1 fully saturated rings. The van der Waals surface area contributed by atoms with Crippen LogP contribution in [0.2, 0.25) is 5.28 Å². The van der Waals surface area contributed by atoms with Gasteiger partial charge >= 0.3 is 11.9 Å². The maximum atomic E-state index is 11.7. The summed E-state index contributed by atoms with van der Waals surface area (Å²) in [6.07, 6.45) is -2.43. The molecule has 1 aliphatic heterocycles. The van der Waals surface area contributed by atoms with Crippen LogP contribution in [0.25, 0.3) is 11.2 Å². The Hall–Kier alpha value is -2.99. The van der Waals surface area contributed by atoms with Crippen LogP contribution in [0.4, 0.5) is 5.82 Å². The van der Waals surface area contributed by atoms with E-state index in [4.69, 9.17) is 31.5 Å². The number of fused-ring (bicyclic) bond motifs is 1. The summed E-state index contributed by atoms with van der Waals surface area (Å²) in [5, 5.41) is 2.49. The molecule has 13 heteroatoms. The van der Waals surface area contributed by atoms with E-state index in [9.17, 15) is 14.4 Å². The van der Waals surface area contributed by atoms with Crippen molar-refractivity contribution in [1.82, 2.24) is 24.8 Å². The van der Waals surface area contributed by atoms with Gasteiger partial charge in [0.15, 0.2) is 29.9 Å². The molecule has 12 nitrogen and oxygen atoms in total. The first-order valence-corrected chi connectivity index (χ1v) is 8.95. The van der Waals surface area contributed by atoms with E-state index < -0.39 is 36.5 Å². The molecule has 1 aliphatic rings. The van der Waals surface area contributed by atoms with E-state index in [-0.39, 0.29) is 34.7 Å². The van der Waals surface area contributed by atoms with Gasteiger partial charge in [0.25, 0.3) is 0 Å². The Morgan fingerprint density at radius 3 is 2.48 bits per heavy atom. The molecule has 0 unspecified atom stereocenters. The van der Waals surface area contributed by atoms with Gasteiger partial charge in [-0.25, -0.2) is 4.98 Å². The lowest BCUT2D eigenvalue weighted by atomic mass is 10.1. The second-order valence-electron chi connectivity index (χ2n) is 6.35. The molecule has 29 heavy (non-hydrogen) atoms. The summed E-state index contributed by atoms with van der Waals surface area (Å²) in [6.45, 7) is 3.79. The molecule has 3 heterocycles. The Kier molecular flexibility index (Phi) is 5.84. The van der Waals surface area contributed by atoms with Gasteiger partial charge < -0.3 is 25.3 Å². The highest BCUT2D eigenvalue weighted by Crippen LogP contribution is 2.36. The van der Waals surface area contributed by atoms with Crippen molar-refractivity contribution in [2.75, 3.05) is 12.3 Å². The van der Waals surface area contributed by atoms with Gasteiger partial charge in [-0.15, -0.1) is 0 Å². The van der Waals surface area contributed by atoms with Crippen LogP contribution in [0.15, 0.2) is 6.33 Å². The first-order chi connectivity index (χ1) is 13.7. The molecule has 0 bridgehead atoms. The predicted molar refractivity (Wildman–Crippen MR) is 98.4 cm³/mol. The molecule has 0 radical (unpaired) electrons. The minimum Gasteiger partial charge on any atom is -0.456 e. The first-order valence-electron chi connectivity index (χ1n) is 8.57. The van der Waals surface area contributed by atoms with Crippen molar-refractivity contribution >= 4 is 46.4 Å². The number of hydrogen-bond donors (Lipinski definition) is 2. The lowest BCUT2D eigenvalue weighted by Crippen LogP contribution is -2.43. The Labute approximate surface area is 169 Å². The molecular formula is C16H19ClN6O6. The topological polar surface area (TPSA) is 161 Å². The van der Waals surface area contributed by atoms with Crippen molar-refractivity contribution in [2.45, 2.75) is 45.3 Å². The van der Waals surface area contributed by atoms with E-state index >= 15 is 0 Å². The molecule has 1 saturated heterocycles. The maximum absolute atomic E-state index is 11.7. The van der Waals surface area contributed by atoms with Crippen LogP contribution in [-0.2, 0) is 28.6 Å². The number of nitrogens with two attached hydrogens (primary N) is 1. The number of carbonyl (C=O) groups excluding carboxylic acids is 3.